The van der Waals surface area contributed by atoms with Gasteiger partial charge in [0.15, 0.2) is 6.61 Å². The molecule has 0 saturated heterocycles. The molecule has 0 aliphatic heterocycles. The fourth-order valence-electron chi connectivity index (χ4n) is 3.67. The van der Waals surface area contributed by atoms with Gasteiger partial charge in [-0.1, -0.05) is 89.6 Å². The number of carbonyl (C=O) groups is 2. The van der Waals surface area contributed by atoms with Crippen LogP contribution in [0.1, 0.15) is 64.7 Å². The Morgan fingerprint density at radius 1 is 1.03 bits per heavy atom. The van der Waals surface area contributed by atoms with E-state index in [0.29, 0.717) is 31.2 Å². The minimum Gasteiger partial charge on any atom is -0.483 e. The summed E-state index contributed by atoms with van der Waals surface area (Å²) in [6, 6.07) is 15.3. The van der Waals surface area contributed by atoms with Gasteiger partial charge in [0, 0.05) is 13.1 Å². The van der Waals surface area contributed by atoms with Crippen LogP contribution in [0, 0.1) is 12.8 Å². The van der Waals surface area contributed by atoms with Gasteiger partial charge in [-0.3, -0.25) is 9.59 Å². The van der Waals surface area contributed by atoms with Gasteiger partial charge >= 0.3 is 0 Å². The third-order valence-corrected chi connectivity index (χ3v) is 5.59. The number of nitrogens with one attached hydrogen (secondary N) is 1. The van der Waals surface area contributed by atoms with Crippen molar-refractivity contribution in [1.29, 1.82) is 0 Å². The Bertz CT molecular complexity index is 913. The van der Waals surface area contributed by atoms with Gasteiger partial charge in [-0.05, 0) is 41.9 Å². The van der Waals surface area contributed by atoms with Gasteiger partial charge in [0.25, 0.3) is 5.91 Å². The molecular weight excluding hydrogens is 412 g/mol. The molecule has 5 heteroatoms. The minimum atomic E-state index is -0.556. The maximum atomic E-state index is 13.4. The van der Waals surface area contributed by atoms with E-state index in [0.717, 1.165) is 16.7 Å². The zero-order valence-electron chi connectivity index (χ0n) is 21.3. The molecule has 180 valence electrons. The molecule has 2 aromatic rings. The van der Waals surface area contributed by atoms with Crippen LogP contribution in [0.2, 0.25) is 0 Å². The summed E-state index contributed by atoms with van der Waals surface area (Å²) in [4.78, 5) is 28.0. The number of para-hydroxylation sites is 1. The highest BCUT2D eigenvalue weighted by Gasteiger charge is 2.29. The third-order valence-electron chi connectivity index (χ3n) is 5.59. The molecule has 33 heavy (non-hydrogen) atoms. The average molecular weight is 453 g/mol. The standard InChI is InChI=1S/C28H40N2O3/c1-8-24(27(32)29-17-20(2)3)30(18-22-15-13-21(4)14-16-22)26(31)19-33-25-12-10-9-11-23(25)28(5,6)7/h9-16,20,24H,8,17-19H2,1-7H3,(H,29,32). The first kappa shape index (κ1) is 26.4. The van der Waals surface area contributed by atoms with Crippen molar-refractivity contribution in [2.24, 2.45) is 5.92 Å². The first-order valence-electron chi connectivity index (χ1n) is 11.9. The summed E-state index contributed by atoms with van der Waals surface area (Å²) < 4.78 is 6.01. The molecular formula is C28H40N2O3. The molecule has 5 nitrogen and oxygen atoms in total. The third kappa shape index (κ3) is 7.92. The van der Waals surface area contributed by atoms with Gasteiger partial charge in [0.1, 0.15) is 11.8 Å². The molecule has 2 aromatic carbocycles. The average Bonchev–Trinajstić information content (AvgIpc) is 2.76. The van der Waals surface area contributed by atoms with E-state index in [9.17, 15) is 9.59 Å². The number of hydrogen-bond acceptors (Lipinski definition) is 3. The highest BCUT2D eigenvalue weighted by atomic mass is 16.5. The lowest BCUT2D eigenvalue weighted by molar-refractivity contribution is -0.143. The largest absolute Gasteiger partial charge is 0.483 e. The van der Waals surface area contributed by atoms with Gasteiger partial charge in [-0.2, -0.15) is 0 Å². The molecule has 0 aliphatic rings. The smallest absolute Gasteiger partial charge is 0.261 e. The summed E-state index contributed by atoms with van der Waals surface area (Å²) in [6.07, 6.45) is 0.528. The van der Waals surface area contributed by atoms with E-state index >= 15 is 0 Å². The number of carbonyl (C=O) groups excluding carboxylic acids is 2. The predicted octanol–water partition coefficient (Wildman–Crippen LogP) is 5.25. The van der Waals surface area contributed by atoms with Crippen LogP contribution in [0.5, 0.6) is 5.75 Å². The van der Waals surface area contributed by atoms with Gasteiger partial charge in [0.2, 0.25) is 5.91 Å². The van der Waals surface area contributed by atoms with Crippen LogP contribution < -0.4 is 10.1 Å². The Morgan fingerprint density at radius 2 is 1.67 bits per heavy atom. The van der Waals surface area contributed by atoms with E-state index < -0.39 is 6.04 Å². The maximum absolute atomic E-state index is 13.4. The number of nitrogens with zero attached hydrogens (tertiary/aromatic N) is 1. The maximum Gasteiger partial charge on any atom is 0.261 e. The minimum absolute atomic E-state index is 0.107. The molecule has 1 unspecified atom stereocenters. The van der Waals surface area contributed by atoms with Crippen molar-refractivity contribution in [3.8, 4) is 5.75 Å². The molecule has 0 aromatic heterocycles. The van der Waals surface area contributed by atoms with Gasteiger partial charge in [-0.25, -0.2) is 0 Å². The zero-order chi connectivity index (χ0) is 24.6. The normalized spacial score (nSPS) is 12.4. The first-order chi connectivity index (χ1) is 15.5. The number of hydrogen-bond donors (Lipinski definition) is 1. The molecule has 0 fully saturated rings. The van der Waals surface area contributed by atoms with Crippen molar-refractivity contribution in [3.05, 3.63) is 65.2 Å². The topological polar surface area (TPSA) is 58.6 Å². The van der Waals surface area contributed by atoms with Gasteiger partial charge in [-0.15, -0.1) is 0 Å². The van der Waals surface area contributed by atoms with Crippen molar-refractivity contribution in [2.75, 3.05) is 13.2 Å². The fraction of sp³-hybridized carbons (Fsp3) is 0.500. The van der Waals surface area contributed by atoms with Crippen LogP contribution in [0.4, 0.5) is 0 Å². The fourth-order valence-corrected chi connectivity index (χ4v) is 3.67. The molecule has 1 atom stereocenters. The number of amides is 2. The zero-order valence-corrected chi connectivity index (χ0v) is 21.3. The Balaban J connectivity index is 2.25. The summed E-state index contributed by atoms with van der Waals surface area (Å²) in [5.74, 6) is 0.712. The summed E-state index contributed by atoms with van der Waals surface area (Å²) in [5, 5.41) is 2.99. The second kappa shape index (κ2) is 11.9. The second-order valence-electron chi connectivity index (χ2n) is 10.1. The van der Waals surface area contributed by atoms with Crippen LogP contribution in [0.15, 0.2) is 48.5 Å². The molecule has 0 spiro atoms. The van der Waals surface area contributed by atoms with Crippen LogP contribution in [0.3, 0.4) is 0 Å². The van der Waals surface area contributed by atoms with Gasteiger partial charge in [0.05, 0.1) is 0 Å². The molecule has 0 radical (unpaired) electrons. The molecule has 0 saturated carbocycles. The molecule has 2 rings (SSSR count). The quantitative estimate of drug-likeness (QED) is 0.536. The van der Waals surface area contributed by atoms with Gasteiger partial charge < -0.3 is 15.0 Å². The lowest BCUT2D eigenvalue weighted by Gasteiger charge is -2.31. The van der Waals surface area contributed by atoms with E-state index in [-0.39, 0.29) is 23.8 Å². The SMILES string of the molecule is CCC(C(=O)NCC(C)C)N(Cc1ccc(C)cc1)C(=O)COc1ccccc1C(C)(C)C. The Hall–Kier alpha value is -2.82. The Kier molecular flexibility index (Phi) is 9.51. The molecule has 1 N–H and O–H groups in total. The summed E-state index contributed by atoms with van der Waals surface area (Å²) in [7, 11) is 0. The van der Waals surface area contributed by atoms with E-state index in [4.69, 9.17) is 4.74 Å². The van der Waals surface area contributed by atoms with Crippen LogP contribution in [-0.4, -0.2) is 35.9 Å². The number of rotatable bonds is 10. The molecule has 0 aliphatic carbocycles. The number of benzene rings is 2. The highest BCUT2D eigenvalue weighted by molar-refractivity contribution is 5.88. The number of aryl methyl sites for hydroxylation is 1. The lowest BCUT2D eigenvalue weighted by atomic mass is 9.86. The monoisotopic (exact) mass is 452 g/mol. The van der Waals surface area contributed by atoms with Crippen LogP contribution >= 0.6 is 0 Å². The van der Waals surface area contributed by atoms with Crippen molar-refractivity contribution < 1.29 is 14.3 Å². The Morgan fingerprint density at radius 3 is 2.24 bits per heavy atom. The van der Waals surface area contributed by atoms with Crippen LogP contribution in [-0.2, 0) is 21.5 Å². The second-order valence-corrected chi connectivity index (χ2v) is 10.1. The highest BCUT2D eigenvalue weighted by Crippen LogP contribution is 2.31. The predicted molar refractivity (Wildman–Crippen MR) is 134 cm³/mol. The molecule has 0 heterocycles. The Labute approximate surface area is 199 Å². The summed E-state index contributed by atoms with van der Waals surface area (Å²) in [5.41, 5.74) is 3.08. The molecule has 2 amide bonds. The van der Waals surface area contributed by atoms with Crippen molar-refractivity contribution in [2.45, 2.75) is 72.9 Å². The first-order valence-corrected chi connectivity index (χ1v) is 11.9. The van der Waals surface area contributed by atoms with Crippen molar-refractivity contribution >= 4 is 11.8 Å². The van der Waals surface area contributed by atoms with Crippen molar-refractivity contribution in [1.82, 2.24) is 10.2 Å². The van der Waals surface area contributed by atoms with E-state index in [1.54, 1.807) is 4.90 Å². The number of ether oxygens (including phenoxy) is 1. The van der Waals surface area contributed by atoms with Crippen molar-refractivity contribution in [3.63, 3.8) is 0 Å². The van der Waals surface area contributed by atoms with E-state index in [1.807, 2.05) is 62.4 Å². The lowest BCUT2D eigenvalue weighted by Crippen LogP contribution is -2.50. The van der Waals surface area contributed by atoms with E-state index in [2.05, 4.69) is 39.9 Å². The molecule has 0 bridgehead atoms. The van der Waals surface area contributed by atoms with E-state index in [1.165, 1.54) is 0 Å². The van der Waals surface area contributed by atoms with Crippen LogP contribution in [0.25, 0.3) is 0 Å². The summed E-state index contributed by atoms with van der Waals surface area (Å²) in [6.45, 7) is 15.2. The summed E-state index contributed by atoms with van der Waals surface area (Å²) >= 11 is 0.